The molecule has 0 aliphatic carbocycles. The van der Waals surface area contributed by atoms with E-state index in [1.54, 1.807) is 12.0 Å². The van der Waals surface area contributed by atoms with E-state index in [0.29, 0.717) is 31.1 Å². The number of benzene rings is 2. The Bertz CT molecular complexity index is 1180. The van der Waals surface area contributed by atoms with E-state index >= 15 is 0 Å². The Hall–Kier alpha value is -3.69. The quantitative estimate of drug-likeness (QED) is 0.459. The van der Waals surface area contributed by atoms with Gasteiger partial charge < -0.3 is 20.1 Å². The first kappa shape index (κ1) is 24.0. The van der Waals surface area contributed by atoms with Crippen molar-refractivity contribution in [2.75, 3.05) is 62.0 Å². The van der Waals surface area contributed by atoms with Crippen LogP contribution in [-0.4, -0.2) is 67.3 Å². The summed E-state index contributed by atoms with van der Waals surface area (Å²) in [5, 5.41) is 0. The van der Waals surface area contributed by atoms with E-state index in [1.165, 1.54) is 11.3 Å². The van der Waals surface area contributed by atoms with Gasteiger partial charge in [0.2, 0.25) is 5.91 Å². The number of hydrogen-bond donors (Lipinski definition) is 1. The number of nitrogen functional groups attached to an aromatic ring is 1. The lowest BCUT2D eigenvalue weighted by Crippen LogP contribution is -2.45. The summed E-state index contributed by atoms with van der Waals surface area (Å²) < 4.78 is 10.5. The van der Waals surface area contributed by atoms with Gasteiger partial charge in [-0.2, -0.15) is 9.97 Å². The lowest BCUT2D eigenvalue weighted by atomic mass is 10.1. The van der Waals surface area contributed by atoms with Gasteiger partial charge in [-0.25, -0.2) is 0 Å². The largest absolute Gasteiger partial charge is 0.461 e. The van der Waals surface area contributed by atoms with E-state index in [0.717, 1.165) is 38.3 Å². The summed E-state index contributed by atoms with van der Waals surface area (Å²) in [4.78, 5) is 28.0. The Morgan fingerprint density at radius 3 is 2.28 bits per heavy atom. The molecular formula is C27H32N6O3. The number of piperazine rings is 1. The van der Waals surface area contributed by atoms with Crippen LogP contribution in [0.1, 0.15) is 16.7 Å². The smallest absolute Gasteiger partial charge is 0.320 e. The van der Waals surface area contributed by atoms with E-state index in [4.69, 9.17) is 15.2 Å². The van der Waals surface area contributed by atoms with Gasteiger partial charge in [-0.1, -0.05) is 42.5 Å². The number of ether oxygens (including phenoxy) is 2. The van der Waals surface area contributed by atoms with Crippen LogP contribution in [0, 0.1) is 0 Å². The maximum absolute atomic E-state index is 12.7. The monoisotopic (exact) mass is 488 g/mol. The van der Waals surface area contributed by atoms with Gasteiger partial charge >= 0.3 is 6.01 Å². The number of aromatic nitrogens is 2. The van der Waals surface area contributed by atoms with E-state index < -0.39 is 0 Å². The van der Waals surface area contributed by atoms with Crippen LogP contribution in [0.25, 0.3) is 0 Å². The van der Waals surface area contributed by atoms with Gasteiger partial charge in [0.1, 0.15) is 18.2 Å². The fourth-order valence-corrected chi connectivity index (χ4v) is 4.66. The molecule has 0 unspecified atom stereocenters. The van der Waals surface area contributed by atoms with Crippen LogP contribution in [0.4, 0.5) is 17.3 Å². The molecule has 0 atom stereocenters. The first-order valence-corrected chi connectivity index (χ1v) is 12.3. The molecule has 9 heteroatoms. The molecule has 2 aromatic carbocycles. The predicted octanol–water partition coefficient (Wildman–Crippen LogP) is 2.50. The molecule has 0 saturated carbocycles. The van der Waals surface area contributed by atoms with E-state index in [-0.39, 0.29) is 24.2 Å². The van der Waals surface area contributed by atoms with Crippen LogP contribution in [0.3, 0.4) is 0 Å². The minimum Gasteiger partial charge on any atom is -0.461 e. The van der Waals surface area contributed by atoms with Gasteiger partial charge in [0.25, 0.3) is 0 Å². The number of rotatable bonds is 9. The van der Waals surface area contributed by atoms with Crippen molar-refractivity contribution < 1.29 is 14.3 Å². The lowest BCUT2D eigenvalue weighted by molar-refractivity contribution is -0.117. The molecule has 3 heterocycles. The third-order valence-electron chi connectivity index (χ3n) is 6.66. The van der Waals surface area contributed by atoms with Crippen LogP contribution in [0.15, 0.2) is 54.6 Å². The van der Waals surface area contributed by atoms with Crippen LogP contribution >= 0.6 is 0 Å². The summed E-state index contributed by atoms with van der Waals surface area (Å²) in [6.45, 7) is 6.19. The molecule has 1 amide bonds. The summed E-state index contributed by atoms with van der Waals surface area (Å²) in [5.74, 6) is 0.770. The highest BCUT2D eigenvalue weighted by atomic mass is 16.5. The zero-order valence-electron chi connectivity index (χ0n) is 20.6. The highest BCUT2D eigenvalue weighted by molar-refractivity contribution is 6.01. The number of hydrogen-bond acceptors (Lipinski definition) is 8. The summed E-state index contributed by atoms with van der Waals surface area (Å²) in [5.41, 5.74) is 10.3. The number of methoxy groups -OCH3 is 1. The standard InChI is InChI=1S/C27H32N6O3/c1-35-15-16-36-27-29-25(28)23-17-24(34)33(26(23)30-27)19-21-9-7-20(8-10-21)18-31-11-13-32(14-12-31)22-5-3-2-4-6-22/h2-10H,11-19H2,1H3,(H2,28,29,30). The van der Waals surface area contributed by atoms with Crippen LogP contribution < -0.4 is 20.3 Å². The molecular weight excluding hydrogens is 456 g/mol. The molecule has 9 nitrogen and oxygen atoms in total. The fraction of sp³-hybridized carbons (Fsp3) is 0.370. The Morgan fingerprint density at radius 1 is 0.889 bits per heavy atom. The average molecular weight is 489 g/mol. The second-order valence-corrected chi connectivity index (χ2v) is 9.11. The van der Waals surface area contributed by atoms with Gasteiger partial charge in [-0.05, 0) is 23.3 Å². The maximum atomic E-state index is 12.7. The van der Waals surface area contributed by atoms with Gasteiger partial charge in [0, 0.05) is 51.1 Å². The average Bonchev–Trinajstić information content (AvgIpc) is 3.22. The number of carbonyl (C=O) groups excluding carboxylic acids is 1. The van der Waals surface area contributed by atoms with Gasteiger partial charge in [-0.3, -0.25) is 14.6 Å². The first-order valence-electron chi connectivity index (χ1n) is 12.3. The minimum atomic E-state index is -0.0413. The number of carbonyl (C=O) groups is 1. The Balaban J connectivity index is 1.19. The highest BCUT2D eigenvalue weighted by Crippen LogP contribution is 2.33. The van der Waals surface area contributed by atoms with Crippen molar-refractivity contribution in [2.24, 2.45) is 0 Å². The van der Waals surface area contributed by atoms with Gasteiger partial charge in [0.05, 0.1) is 19.6 Å². The molecule has 1 aromatic heterocycles. The second-order valence-electron chi connectivity index (χ2n) is 9.11. The highest BCUT2D eigenvalue weighted by Gasteiger charge is 2.32. The van der Waals surface area contributed by atoms with Crippen molar-refractivity contribution in [3.63, 3.8) is 0 Å². The fourth-order valence-electron chi connectivity index (χ4n) is 4.66. The number of para-hydroxylation sites is 1. The van der Waals surface area contributed by atoms with E-state index in [1.807, 2.05) is 0 Å². The van der Waals surface area contributed by atoms with Gasteiger partial charge in [-0.15, -0.1) is 0 Å². The Morgan fingerprint density at radius 2 is 1.58 bits per heavy atom. The van der Waals surface area contributed by atoms with Gasteiger partial charge in [0.15, 0.2) is 0 Å². The topological polar surface area (TPSA) is 97.0 Å². The summed E-state index contributed by atoms with van der Waals surface area (Å²) >= 11 is 0. The number of amides is 1. The SMILES string of the molecule is COCCOc1nc(N)c2c(n1)N(Cc1ccc(CN3CCN(c4ccccc4)CC3)cc1)C(=O)C2. The third-order valence-corrected chi connectivity index (χ3v) is 6.66. The van der Waals surface area contributed by atoms with Crippen LogP contribution in [0.5, 0.6) is 6.01 Å². The van der Waals surface area contributed by atoms with Crippen molar-refractivity contribution in [3.05, 3.63) is 71.3 Å². The van der Waals surface area contributed by atoms with Crippen LogP contribution in [-0.2, 0) is 29.0 Å². The maximum Gasteiger partial charge on any atom is 0.320 e. The van der Waals surface area contributed by atoms with E-state index in [2.05, 4.69) is 74.4 Å². The molecule has 0 bridgehead atoms. The minimum absolute atomic E-state index is 0.0413. The molecule has 1 fully saturated rings. The number of nitrogens with zero attached hydrogens (tertiary/aromatic N) is 5. The second kappa shape index (κ2) is 10.9. The molecule has 5 rings (SSSR count). The summed E-state index contributed by atoms with van der Waals surface area (Å²) in [6, 6.07) is 19.2. The van der Waals surface area contributed by atoms with Crippen molar-refractivity contribution in [1.29, 1.82) is 0 Å². The molecule has 2 aliphatic heterocycles. The van der Waals surface area contributed by atoms with Crippen LogP contribution in [0.2, 0.25) is 0 Å². The zero-order valence-corrected chi connectivity index (χ0v) is 20.6. The molecule has 0 spiro atoms. The van der Waals surface area contributed by atoms with Crippen molar-refractivity contribution in [3.8, 4) is 6.01 Å². The molecule has 1 saturated heterocycles. The van der Waals surface area contributed by atoms with Crippen molar-refractivity contribution in [1.82, 2.24) is 14.9 Å². The lowest BCUT2D eigenvalue weighted by Gasteiger charge is -2.36. The zero-order chi connectivity index (χ0) is 24.9. The molecule has 36 heavy (non-hydrogen) atoms. The Labute approximate surface area is 211 Å². The molecule has 0 radical (unpaired) electrons. The summed E-state index contributed by atoms with van der Waals surface area (Å²) in [7, 11) is 1.60. The summed E-state index contributed by atoms with van der Waals surface area (Å²) in [6.07, 6.45) is 0.201. The number of anilines is 3. The van der Waals surface area contributed by atoms with Crippen molar-refractivity contribution >= 4 is 23.2 Å². The number of nitrogens with two attached hydrogens (primary N) is 1. The van der Waals surface area contributed by atoms with Crippen molar-refractivity contribution in [2.45, 2.75) is 19.5 Å². The molecule has 2 N–H and O–H groups in total. The molecule has 3 aromatic rings. The van der Waals surface area contributed by atoms with E-state index in [9.17, 15) is 4.79 Å². The molecule has 2 aliphatic rings. The predicted molar refractivity (Wildman–Crippen MR) is 139 cm³/mol. The molecule has 188 valence electrons. The number of fused-ring (bicyclic) bond motifs is 1. The third kappa shape index (κ3) is 5.42. The normalized spacial score (nSPS) is 15.9. The first-order chi connectivity index (χ1) is 17.6. The Kier molecular flexibility index (Phi) is 7.29.